The lowest BCUT2D eigenvalue weighted by Gasteiger charge is -2.29. The van der Waals surface area contributed by atoms with Crippen LogP contribution in [0.3, 0.4) is 0 Å². The number of alkyl halides is 2. The second-order valence-electron chi connectivity index (χ2n) is 4.58. The van der Waals surface area contributed by atoms with E-state index in [-0.39, 0.29) is 5.54 Å². The number of carbonyl (C=O) groups is 1. The van der Waals surface area contributed by atoms with E-state index in [1.54, 1.807) is 0 Å². The van der Waals surface area contributed by atoms with Crippen molar-refractivity contribution in [3.63, 3.8) is 0 Å². The molecule has 1 fully saturated rings. The third kappa shape index (κ3) is 2.90. The van der Waals surface area contributed by atoms with Crippen LogP contribution in [0.2, 0.25) is 0 Å². The molecule has 1 atom stereocenters. The van der Waals surface area contributed by atoms with Gasteiger partial charge >= 0.3 is 11.9 Å². The van der Waals surface area contributed by atoms with Gasteiger partial charge in [0.1, 0.15) is 6.10 Å². The van der Waals surface area contributed by atoms with E-state index in [2.05, 4.69) is 10.1 Å². The molecular weight excluding hydrogens is 216 g/mol. The van der Waals surface area contributed by atoms with Crippen molar-refractivity contribution >= 4 is 5.97 Å². The van der Waals surface area contributed by atoms with Crippen LogP contribution in [0.1, 0.15) is 40.0 Å². The Hall–Kier alpha value is -0.710. The van der Waals surface area contributed by atoms with Gasteiger partial charge in [-0.3, -0.25) is 0 Å². The second-order valence-corrected chi connectivity index (χ2v) is 4.58. The van der Waals surface area contributed by atoms with Gasteiger partial charge < -0.3 is 10.1 Å². The molecule has 0 aliphatic carbocycles. The highest BCUT2D eigenvalue weighted by atomic mass is 19.3. The third-order valence-corrected chi connectivity index (χ3v) is 3.37. The summed E-state index contributed by atoms with van der Waals surface area (Å²) in [5.41, 5.74) is -0.0791. The van der Waals surface area contributed by atoms with Crippen LogP contribution in [0.25, 0.3) is 0 Å². The fourth-order valence-corrected chi connectivity index (χ4v) is 1.62. The average molecular weight is 235 g/mol. The predicted octanol–water partition coefficient (Wildman–Crippen LogP) is 2.11. The molecule has 0 spiro atoms. The Balaban J connectivity index is 2.44. The molecule has 1 unspecified atom stereocenters. The molecule has 0 aromatic rings. The number of carbonyl (C=O) groups excluding carboxylic acids is 1. The number of ether oxygens (including phenoxy) is 1. The Kier molecular flexibility index (Phi) is 3.88. The lowest BCUT2D eigenvalue weighted by molar-refractivity contribution is -0.159. The highest BCUT2D eigenvalue weighted by molar-refractivity contribution is 5.79. The van der Waals surface area contributed by atoms with Crippen molar-refractivity contribution in [1.82, 2.24) is 5.32 Å². The molecule has 0 aromatic heterocycles. The number of hydrogen-bond donors (Lipinski definition) is 1. The van der Waals surface area contributed by atoms with E-state index in [0.717, 1.165) is 12.8 Å². The van der Waals surface area contributed by atoms with E-state index in [9.17, 15) is 13.6 Å². The number of hydrogen-bond acceptors (Lipinski definition) is 3. The molecule has 16 heavy (non-hydrogen) atoms. The quantitative estimate of drug-likeness (QED) is 0.742. The van der Waals surface area contributed by atoms with Gasteiger partial charge in [-0.2, -0.15) is 8.78 Å². The third-order valence-electron chi connectivity index (χ3n) is 3.37. The highest BCUT2D eigenvalue weighted by Gasteiger charge is 2.50. The molecule has 1 rings (SSSR count). The number of nitrogens with one attached hydrogen (secondary N) is 1. The minimum Gasteiger partial charge on any atom is -0.456 e. The van der Waals surface area contributed by atoms with Gasteiger partial charge in [0.2, 0.25) is 0 Å². The van der Waals surface area contributed by atoms with Gasteiger partial charge in [-0.15, -0.1) is 0 Å². The Labute approximate surface area is 94.5 Å². The molecule has 1 aliphatic heterocycles. The zero-order valence-electron chi connectivity index (χ0n) is 9.98. The van der Waals surface area contributed by atoms with Crippen molar-refractivity contribution in [2.75, 3.05) is 6.54 Å². The lowest BCUT2D eigenvalue weighted by atomic mass is 9.95. The fourth-order valence-electron chi connectivity index (χ4n) is 1.62. The molecular formula is C11H19F2NO2. The predicted molar refractivity (Wildman–Crippen MR) is 56.4 cm³/mol. The van der Waals surface area contributed by atoms with Crippen LogP contribution in [-0.4, -0.2) is 30.1 Å². The van der Waals surface area contributed by atoms with Crippen LogP contribution < -0.4 is 5.32 Å². The number of rotatable bonds is 5. The largest absolute Gasteiger partial charge is 0.456 e. The van der Waals surface area contributed by atoms with E-state index in [0.29, 0.717) is 6.54 Å². The van der Waals surface area contributed by atoms with Crippen LogP contribution >= 0.6 is 0 Å². The maximum Gasteiger partial charge on any atom is 0.377 e. The van der Waals surface area contributed by atoms with E-state index in [1.165, 1.54) is 0 Å². The standard InChI is InChI=1S/C11H19F2NO2/c1-4-10(3,5-2)14-7-8-6-11(12,13)9(15)16-8/h8,14H,4-7H2,1-3H3. The molecule has 5 heteroatoms. The minimum absolute atomic E-state index is 0.0791. The van der Waals surface area contributed by atoms with Gasteiger partial charge in [0.05, 0.1) is 6.42 Å². The first-order valence-corrected chi connectivity index (χ1v) is 5.67. The number of esters is 1. The fraction of sp³-hybridized carbons (Fsp3) is 0.909. The summed E-state index contributed by atoms with van der Waals surface area (Å²) >= 11 is 0. The van der Waals surface area contributed by atoms with Crippen molar-refractivity contribution in [1.29, 1.82) is 0 Å². The molecule has 1 N–H and O–H groups in total. The minimum atomic E-state index is -3.30. The summed E-state index contributed by atoms with van der Waals surface area (Å²) in [4.78, 5) is 10.8. The summed E-state index contributed by atoms with van der Waals surface area (Å²) in [6.45, 7) is 6.39. The van der Waals surface area contributed by atoms with Crippen molar-refractivity contribution in [3.05, 3.63) is 0 Å². The lowest BCUT2D eigenvalue weighted by Crippen LogP contribution is -2.44. The van der Waals surface area contributed by atoms with E-state index in [4.69, 9.17) is 0 Å². The van der Waals surface area contributed by atoms with Crippen LogP contribution in [-0.2, 0) is 9.53 Å². The van der Waals surface area contributed by atoms with Gasteiger partial charge in [-0.05, 0) is 19.8 Å². The van der Waals surface area contributed by atoms with Crippen LogP contribution in [0, 0.1) is 0 Å². The monoisotopic (exact) mass is 235 g/mol. The Morgan fingerprint density at radius 1 is 1.50 bits per heavy atom. The molecule has 94 valence electrons. The van der Waals surface area contributed by atoms with Crippen LogP contribution in [0.4, 0.5) is 8.78 Å². The molecule has 0 radical (unpaired) electrons. The van der Waals surface area contributed by atoms with Crippen LogP contribution in [0.15, 0.2) is 0 Å². The molecule has 0 aromatic carbocycles. The zero-order chi connectivity index (χ0) is 12.4. The SMILES string of the molecule is CCC(C)(CC)NCC1CC(F)(F)C(=O)O1. The summed E-state index contributed by atoms with van der Waals surface area (Å²) < 4.78 is 30.3. The molecule has 3 nitrogen and oxygen atoms in total. The van der Waals surface area contributed by atoms with Gasteiger partial charge in [0, 0.05) is 12.1 Å². The van der Waals surface area contributed by atoms with Crippen molar-refractivity contribution in [2.45, 2.75) is 57.6 Å². The first-order chi connectivity index (χ1) is 7.33. The molecule has 1 saturated heterocycles. The Morgan fingerprint density at radius 2 is 2.06 bits per heavy atom. The van der Waals surface area contributed by atoms with Gasteiger partial charge in [-0.25, -0.2) is 4.79 Å². The normalized spacial score (nSPS) is 24.6. The highest BCUT2D eigenvalue weighted by Crippen LogP contribution is 2.30. The molecule has 0 saturated carbocycles. The number of halogens is 2. The smallest absolute Gasteiger partial charge is 0.377 e. The van der Waals surface area contributed by atoms with Crippen molar-refractivity contribution in [2.24, 2.45) is 0 Å². The topological polar surface area (TPSA) is 38.3 Å². The number of cyclic esters (lactones) is 1. The molecule has 0 bridgehead atoms. The Morgan fingerprint density at radius 3 is 2.44 bits per heavy atom. The molecule has 1 aliphatic rings. The van der Waals surface area contributed by atoms with E-state index in [1.807, 2.05) is 20.8 Å². The second kappa shape index (κ2) is 4.65. The van der Waals surface area contributed by atoms with Gasteiger partial charge in [0.25, 0.3) is 0 Å². The summed E-state index contributed by atoms with van der Waals surface area (Å²) in [5, 5.41) is 3.19. The van der Waals surface area contributed by atoms with Crippen LogP contribution in [0.5, 0.6) is 0 Å². The van der Waals surface area contributed by atoms with Gasteiger partial charge in [-0.1, -0.05) is 13.8 Å². The first-order valence-electron chi connectivity index (χ1n) is 5.67. The average Bonchev–Trinajstić information content (AvgIpc) is 2.50. The maximum absolute atomic E-state index is 12.9. The zero-order valence-corrected chi connectivity index (χ0v) is 9.98. The van der Waals surface area contributed by atoms with Crippen molar-refractivity contribution in [3.8, 4) is 0 Å². The molecule has 0 amide bonds. The summed E-state index contributed by atoms with van der Waals surface area (Å²) in [6, 6.07) is 0. The Bertz CT molecular complexity index is 265. The van der Waals surface area contributed by atoms with E-state index >= 15 is 0 Å². The summed E-state index contributed by atoms with van der Waals surface area (Å²) in [6.07, 6.45) is 0.587. The first kappa shape index (κ1) is 13.4. The summed E-state index contributed by atoms with van der Waals surface area (Å²) in [5.74, 6) is -4.70. The van der Waals surface area contributed by atoms with E-state index < -0.39 is 24.4 Å². The summed E-state index contributed by atoms with van der Waals surface area (Å²) in [7, 11) is 0. The van der Waals surface area contributed by atoms with Crippen molar-refractivity contribution < 1.29 is 18.3 Å². The molecule has 1 heterocycles. The van der Waals surface area contributed by atoms with Gasteiger partial charge in [0.15, 0.2) is 0 Å². The maximum atomic E-state index is 12.9.